The fraction of sp³-hybridized carbons (Fsp3) is 0.194. The summed E-state index contributed by atoms with van der Waals surface area (Å²) in [7, 11) is 0. The van der Waals surface area contributed by atoms with Gasteiger partial charge in [0.2, 0.25) is 0 Å². The SMILES string of the molecule is Cc1cc(C)c(-c2cccc(-c3c(C)cc(C)cc3C)c2/C=C/c2ccc(-c3ccc(/C=C/c4c(-c5c(C)cc(C)cc5C)cccc4-c4c(C)cc(C)cc4C)cn3)nc2)c(C)c1. The monoisotopic (exact) mass is 832 g/mol. The lowest BCUT2D eigenvalue weighted by atomic mass is 9.84. The Bertz CT molecular complexity index is 2680. The highest BCUT2D eigenvalue weighted by Crippen LogP contribution is 2.42. The molecule has 0 aliphatic carbocycles. The lowest BCUT2D eigenvalue weighted by molar-refractivity contribution is 1.24. The van der Waals surface area contributed by atoms with Crippen LogP contribution in [0, 0.1) is 83.1 Å². The highest BCUT2D eigenvalue weighted by atomic mass is 14.8. The molecule has 0 spiro atoms. The summed E-state index contributed by atoms with van der Waals surface area (Å²) in [5.41, 5.74) is 31.8. The third-order valence-electron chi connectivity index (χ3n) is 12.7. The molecule has 0 aliphatic rings. The quantitative estimate of drug-likeness (QED) is 0.145. The molecule has 318 valence electrons. The summed E-state index contributed by atoms with van der Waals surface area (Å²) in [5, 5.41) is 0. The molecule has 6 aromatic carbocycles. The molecular formula is C62H60N2. The van der Waals surface area contributed by atoms with Gasteiger partial charge in [0, 0.05) is 12.4 Å². The van der Waals surface area contributed by atoms with Crippen molar-refractivity contribution in [3.8, 4) is 55.9 Å². The van der Waals surface area contributed by atoms with Crippen molar-refractivity contribution in [2.24, 2.45) is 0 Å². The molecule has 2 heteroatoms. The van der Waals surface area contributed by atoms with Crippen LogP contribution in [0.2, 0.25) is 0 Å². The number of hydrogen-bond acceptors (Lipinski definition) is 2. The van der Waals surface area contributed by atoms with E-state index in [1.165, 1.54) is 122 Å². The number of aromatic nitrogens is 2. The van der Waals surface area contributed by atoms with Gasteiger partial charge in [-0.15, -0.1) is 0 Å². The number of aryl methyl sites for hydroxylation is 12. The summed E-state index contributed by atoms with van der Waals surface area (Å²) >= 11 is 0. The van der Waals surface area contributed by atoms with Gasteiger partial charge in [-0.3, -0.25) is 9.97 Å². The van der Waals surface area contributed by atoms with Crippen molar-refractivity contribution in [1.82, 2.24) is 9.97 Å². The Morgan fingerprint density at radius 2 is 0.547 bits per heavy atom. The molecule has 0 amide bonds. The number of benzene rings is 6. The molecule has 8 rings (SSSR count). The van der Waals surface area contributed by atoms with Gasteiger partial charge in [-0.2, -0.15) is 0 Å². The molecule has 0 radical (unpaired) electrons. The van der Waals surface area contributed by atoms with Crippen molar-refractivity contribution in [3.63, 3.8) is 0 Å². The fourth-order valence-corrected chi connectivity index (χ4v) is 10.5. The molecule has 2 aromatic heterocycles. The topological polar surface area (TPSA) is 25.8 Å². The zero-order valence-corrected chi connectivity index (χ0v) is 39.8. The van der Waals surface area contributed by atoms with Crippen LogP contribution in [0.5, 0.6) is 0 Å². The summed E-state index contributed by atoms with van der Waals surface area (Å²) in [6, 6.07) is 40.3. The van der Waals surface area contributed by atoms with Crippen LogP contribution in [0.25, 0.3) is 80.2 Å². The van der Waals surface area contributed by atoms with Crippen molar-refractivity contribution < 1.29 is 0 Å². The van der Waals surface area contributed by atoms with Crippen LogP contribution >= 0.6 is 0 Å². The lowest BCUT2D eigenvalue weighted by Crippen LogP contribution is -1.97. The van der Waals surface area contributed by atoms with Crippen molar-refractivity contribution >= 4 is 24.3 Å². The molecule has 64 heavy (non-hydrogen) atoms. The summed E-state index contributed by atoms with van der Waals surface area (Å²) in [6.45, 7) is 26.6. The van der Waals surface area contributed by atoms with E-state index in [1.807, 2.05) is 12.4 Å². The van der Waals surface area contributed by atoms with Gasteiger partial charge in [0.15, 0.2) is 0 Å². The highest BCUT2D eigenvalue weighted by molar-refractivity contribution is 5.94. The summed E-state index contributed by atoms with van der Waals surface area (Å²) in [4.78, 5) is 9.85. The van der Waals surface area contributed by atoms with Gasteiger partial charge in [-0.25, -0.2) is 0 Å². The first-order valence-electron chi connectivity index (χ1n) is 22.5. The van der Waals surface area contributed by atoms with Crippen molar-refractivity contribution in [2.45, 2.75) is 83.1 Å². The second kappa shape index (κ2) is 18.1. The van der Waals surface area contributed by atoms with E-state index in [9.17, 15) is 0 Å². The van der Waals surface area contributed by atoms with Crippen LogP contribution in [0.3, 0.4) is 0 Å². The van der Waals surface area contributed by atoms with E-state index in [2.05, 4.69) is 217 Å². The number of hydrogen-bond donors (Lipinski definition) is 0. The first kappa shape index (κ1) is 43.7. The van der Waals surface area contributed by atoms with E-state index < -0.39 is 0 Å². The van der Waals surface area contributed by atoms with Crippen molar-refractivity contribution in [2.75, 3.05) is 0 Å². The van der Waals surface area contributed by atoms with Gasteiger partial charge < -0.3 is 0 Å². The zero-order valence-electron chi connectivity index (χ0n) is 39.8. The van der Waals surface area contributed by atoms with Crippen LogP contribution in [-0.4, -0.2) is 9.97 Å². The third-order valence-corrected chi connectivity index (χ3v) is 12.7. The number of nitrogens with zero attached hydrogens (tertiary/aromatic N) is 2. The minimum absolute atomic E-state index is 0.842. The average molecular weight is 833 g/mol. The molecule has 0 atom stereocenters. The van der Waals surface area contributed by atoms with Gasteiger partial charge in [0.25, 0.3) is 0 Å². The van der Waals surface area contributed by atoms with Gasteiger partial charge in [-0.05, 0) is 206 Å². The van der Waals surface area contributed by atoms with Crippen molar-refractivity contribution in [1.29, 1.82) is 0 Å². The molecule has 8 aromatic rings. The van der Waals surface area contributed by atoms with Crippen LogP contribution in [0.4, 0.5) is 0 Å². The molecule has 0 fully saturated rings. The molecule has 2 nitrogen and oxygen atoms in total. The Morgan fingerprint density at radius 1 is 0.297 bits per heavy atom. The predicted octanol–water partition coefficient (Wildman–Crippen LogP) is 16.9. The summed E-state index contributed by atoms with van der Waals surface area (Å²) in [5.74, 6) is 0. The van der Waals surface area contributed by atoms with E-state index in [0.717, 1.165) is 22.5 Å². The van der Waals surface area contributed by atoms with E-state index in [4.69, 9.17) is 9.97 Å². The first-order chi connectivity index (χ1) is 30.7. The maximum absolute atomic E-state index is 4.93. The zero-order chi connectivity index (χ0) is 45.4. The fourth-order valence-electron chi connectivity index (χ4n) is 10.5. The maximum atomic E-state index is 4.93. The van der Waals surface area contributed by atoms with E-state index in [1.54, 1.807) is 0 Å². The Kier molecular flexibility index (Phi) is 12.3. The van der Waals surface area contributed by atoms with Crippen molar-refractivity contribution in [3.05, 3.63) is 211 Å². The van der Waals surface area contributed by atoms with Crippen LogP contribution in [0.15, 0.2) is 122 Å². The molecule has 0 bridgehead atoms. The average Bonchev–Trinajstić information content (AvgIpc) is 3.22. The van der Waals surface area contributed by atoms with Gasteiger partial charge in [0.1, 0.15) is 0 Å². The Balaban J connectivity index is 1.12. The molecule has 2 heterocycles. The Morgan fingerprint density at radius 3 is 0.766 bits per heavy atom. The third kappa shape index (κ3) is 8.84. The minimum Gasteiger partial charge on any atom is -0.254 e. The van der Waals surface area contributed by atoms with Crippen LogP contribution in [-0.2, 0) is 0 Å². The smallest absolute Gasteiger partial charge is 0.0886 e. The summed E-state index contributed by atoms with van der Waals surface area (Å²) < 4.78 is 0. The second-order valence-electron chi connectivity index (χ2n) is 18.2. The molecular weight excluding hydrogens is 773 g/mol. The van der Waals surface area contributed by atoms with Gasteiger partial charge in [-0.1, -0.05) is 144 Å². The maximum Gasteiger partial charge on any atom is 0.0886 e. The molecule has 0 unspecified atom stereocenters. The Hall–Kier alpha value is -6.90. The van der Waals surface area contributed by atoms with Gasteiger partial charge in [0.05, 0.1) is 11.4 Å². The Labute approximate surface area is 382 Å². The van der Waals surface area contributed by atoms with Crippen LogP contribution in [0.1, 0.15) is 89.0 Å². The van der Waals surface area contributed by atoms with E-state index >= 15 is 0 Å². The molecule has 0 saturated carbocycles. The number of pyridine rings is 2. The largest absolute Gasteiger partial charge is 0.254 e. The molecule has 0 saturated heterocycles. The van der Waals surface area contributed by atoms with Gasteiger partial charge >= 0.3 is 0 Å². The van der Waals surface area contributed by atoms with Crippen LogP contribution < -0.4 is 0 Å². The van der Waals surface area contributed by atoms with E-state index in [0.29, 0.717) is 0 Å². The predicted molar refractivity (Wildman–Crippen MR) is 277 cm³/mol. The normalized spacial score (nSPS) is 11.6. The standard InChI is InChI=1S/C62H60N2/c1-37-27-41(5)59(42(6)28-37)53-15-13-16-54(60-43(7)29-38(2)30-44(60)8)51(53)23-19-49-21-25-57(63-35-49)58-26-22-50(36-64-58)20-24-52-55(61-45(9)31-39(3)32-46(61)10)17-14-18-56(52)62-47(11)33-40(4)34-48(62)12/h13-36H,1-12H3/b23-19+,24-20+. The minimum atomic E-state index is 0.842. The molecule has 0 N–H and O–H groups in total. The number of rotatable bonds is 9. The summed E-state index contributed by atoms with van der Waals surface area (Å²) in [6.07, 6.45) is 12.9. The first-order valence-corrected chi connectivity index (χ1v) is 22.5. The second-order valence-corrected chi connectivity index (χ2v) is 18.2. The highest BCUT2D eigenvalue weighted by Gasteiger charge is 2.19. The van der Waals surface area contributed by atoms with E-state index in [-0.39, 0.29) is 0 Å². The molecule has 0 aliphatic heterocycles. The lowest BCUT2D eigenvalue weighted by Gasteiger charge is -2.20.